The fraction of sp³-hybridized carbons (Fsp3) is 0.457. The predicted molar refractivity (Wildman–Crippen MR) is 172 cm³/mol. The number of amides is 2. The number of fused-ring (bicyclic) bond motifs is 1. The number of methoxy groups -OCH3 is 1. The lowest BCUT2D eigenvalue weighted by Crippen LogP contribution is -2.56. The van der Waals surface area contributed by atoms with E-state index >= 15 is 0 Å². The van der Waals surface area contributed by atoms with Gasteiger partial charge in [0.25, 0.3) is 5.91 Å². The molecule has 44 heavy (non-hydrogen) atoms. The average Bonchev–Trinajstić information content (AvgIpc) is 3.61. The molecular formula is C35H42N2O6S. The summed E-state index contributed by atoms with van der Waals surface area (Å²) in [6.07, 6.45) is 7.19. The van der Waals surface area contributed by atoms with Crippen LogP contribution in [0.4, 0.5) is 5.69 Å². The Hall–Kier alpha value is -3.56. The highest BCUT2D eigenvalue weighted by atomic mass is 32.2. The van der Waals surface area contributed by atoms with E-state index in [2.05, 4.69) is 13.2 Å². The Balaban J connectivity index is 1.57. The number of likely N-dealkylation sites (tertiary alicyclic amines) is 1. The molecule has 3 heterocycles. The fourth-order valence-electron chi connectivity index (χ4n) is 7.38. The summed E-state index contributed by atoms with van der Waals surface area (Å²) in [7, 11) is 1.58. The van der Waals surface area contributed by atoms with Crippen LogP contribution < -0.4 is 9.64 Å². The number of aliphatic hydroxyl groups is 1. The van der Waals surface area contributed by atoms with Crippen LogP contribution in [0.5, 0.6) is 5.75 Å². The highest BCUT2D eigenvalue weighted by molar-refractivity contribution is 8.02. The van der Waals surface area contributed by atoms with Crippen LogP contribution >= 0.6 is 11.8 Å². The van der Waals surface area contributed by atoms with Crippen molar-refractivity contribution in [3.8, 4) is 5.75 Å². The molecule has 0 aliphatic carbocycles. The molecule has 2 aromatic carbocycles. The number of carbonyl (C=O) groups excluding carboxylic acids is 3. The van der Waals surface area contributed by atoms with Gasteiger partial charge < -0.3 is 24.4 Å². The molecule has 9 heteroatoms. The summed E-state index contributed by atoms with van der Waals surface area (Å²) >= 11 is 1.59. The van der Waals surface area contributed by atoms with Gasteiger partial charge in [-0.1, -0.05) is 42.5 Å². The number of esters is 1. The van der Waals surface area contributed by atoms with Gasteiger partial charge in [-0.3, -0.25) is 14.4 Å². The smallest absolute Gasteiger partial charge is 0.311 e. The molecule has 2 bridgehead atoms. The number of unbranched alkanes of at least 4 members (excludes halogenated alkanes) is 2. The van der Waals surface area contributed by atoms with Crippen LogP contribution in [-0.2, 0) is 19.1 Å². The second-order valence-electron chi connectivity index (χ2n) is 12.0. The zero-order valence-electron chi connectivity index (χ0n) is 25.5. The van der Waals surface area contributed by atoms with Crippen molar-refractivity contribution < 1.29 is 29.0 Å². The number of rotatable bonds is 14. The third kappa shape index (κ3) is 5.45. The molecule has 1 N–H and O–H groups in total. The highest BCUT2D eigenvalue weighted by Crippen LogP contribution is 2.72. The van der Waals surface area contributed by atoms with Crippen LogP contribution in [0.1, 0.15) is 50.6 Å². The molecule has 6 atom stereocenters. The molecule has 0 saturated carbocycles. The lowest BCUT2D eigenvalue weighted by Gasteiger charge is -2.39. The van der Waals surface area contributed by atoms with Crippen molar-refractivity contribution in [2.24, 2.45) is 11.8 Å². The Morgan fingerprint density at radius 3 is 2.48 bits per heavy atom. The minimum Gasteiger partial charge on any atom is -0.497 e. The van der Waals surface area contributed by atoms with E-state index < -0.39 is 33.4 Å². The molecule has 2 aromatic rings. The highest BCUT2D eigenvalue weighted by Gasteiger charge is 2.78. The first-order chi connectivity index (χ1) is 21.3. The van der Waals surface area contributed by atoms with Crippen molar-refractivity contribution in [3.63, 3.8) is 0 Å². The summed E-state index contributed by atoms with van der Waals surface area (Å²) in [4.78, 5) is 46.6. The van der Waals surface area contributed by atoms with E-state index in [4.69, 9.17) is 9.47 Å². The van der Waals surface area contributed by atoms with Crippen LogP contribution in [0.15, 0.2) is 79.9 Å². The Kier molecular flexibility index (Phi) is 9.56. The Bertz CT molecular complexity index is 1380. The largest absolute Gasteiger partial charge is 0.497 e. The first kappa shape index (κ1) is 31.9. The maximum atomic E-state index is 14.9. The number of hydrogen-bond donors (Lipinski definition) is 1. The number of benzene rings is 2. The average molecular weight is 619 g/mol. The van der Waals surface area contributed by atoms with E-state index in [0.29, 0.717) is 30.7 Å². The van der Waals surface area contributed by atoms with Gasteiger partial charge in [0.1, 0.15) is 11.8 Å². The molecule has 2 unspecified atom stereocenters. The maximum Gasteiger partial charge on any atom is 0.311 e. The third-order valence-electron chi connectivity index (χ3n) is 9.40. The van der Waals surface area contributed by atoms with E-state index in [1.165, 1.54) is 0 Å². The summed E-state index contributed by atoms with van der Waals surface area (Å²) in [5.74, 6) is -1.73. The third-order valence-corrected chi connectivity index (χ3v) is 11.4. The van der Waals surface area contributed by atoms with Crippen molar-refractivity contribution in [2.75, 3.05) is 31.8 Å². The minimum atomic E-state index is -0.920. The molecule has 3 saturated heterocycles. The summed E-state index contributed by atoms with van der Waals surface area (Å²) < 4.78 is 9.72. The first-order valence-electron chi connectivity index (χ1n) is 15.3. The number of allylic oxidation sites excluding steroid dienone is 1. The van der Waals surface area contributed by atoms with E-state index in [1.807, 2.05) is 55.5 Å². The van der Waals surface area contributed by atoms with Crippen LogP contribution in [0, 0.1) is 11.8 Å². The molecule has 234 valence electrons. The number of carbonyl (C=O) groups is 3. The predicted octanol–water partition coefficient (Wildman–Crippen LogP) is 5.33. The summed E-state index contributed by atoms with van der Waals surface area (Å²) in [5.41, 5.74) is 1.37. The number of nitrogens with zero attached hydrogens (tertiary/aromatic N) is 2. The molecule has 0 radical (unpaired) electrons. The molecule has 3 aliphatic rings. The van der Waals surface area contributed by atoms with E-state index in [-0.39, 0.29) is 37.5 Å². The Morgan fingerprint density at radius 1 is 1.11 bits per heavy atom. The SMILES string of the molecule is C=CCCCCOC(=O)[C@@H]1[C@H]2C(=O)N([C@H](CO)c3ccccc3)C(C(=O)N(CC=C)c3ccc(OC)cc3)C23CC[C@@]1(C)S3. The molecule has 3 fully saturated rings. The second kappa shape index (κ2) is 13.2. The van der Waals surface area contributed by atoms with Gasteiger partial charge in [-0.15, -0.1) is 24.9 Å². The molecule has 5 rings (SSSR count). The molecule has 8 nitrogen and oxygen atoms in total. The lowest BCUT2D eigenvalue weighted by molar-refractivity contribution is -0.156. The van der Waals surface area contributed by atoms with Crippen molar-refractivity contribution in [3.05, 3.63) is 85.5 Å². The summed E-state index contributed by atoms with van der Waals surface area (Å²) in [6, 6.07) is 14.8. The maximum absolute atomic E-state index is 14.9. The monoisotopic (exact) mass is 618 g/mol. The van der Waals surface area contributed by atoms with Crippen molar-refractivity contribution in [1.29, 1.82) is 0 Å². The topological polar surface area (TPSA) is 96.4 Å². The van der Waals surface area contributed by atoms with Gasteiger partial charge in [0, 0.05) is 17.0 Å². The summed E-state index contributed by atoms with van der Waals surface area (Å²) in [6.45, 7) is 9.80. The normalized spacial score (nSPS) is 27.5. The van der Waals surface area contributed by atoms with Gasteiger partial charge in [-0.25, -0.2) is 0 Å². The fourth-order valence-corrected chi connectivity index (χ4v) is 9.71. The zero-order chi connectivity index (χ0) is 31.5. The van der Waals surface area contributed by atoms with Gasteiger partial charge in [0.15, 0.2) is 0 Å². The molecule has 3 aliphatic heterocycles. The van der Waals surface area contributed by atoms with Crippen LogP contribution in [-0.4, -0.2) is 70.2 Å². The second-order valence-corrected chi connectivity index (χ2v) is 13.9. The lowest BCUT2D eigenvalue weighted by atomic mass is 9.66. The number of aliphatic hydroxyl groups excluding tert-OH is 1. The molecule has 1 spiro atoms. The number of anilines is 1. The summed E-state index contributed by atoms with van der Waals surface area (Å²) in [5, 5.41) is 10.8. The zero-order valence-corrected chi connectivity index (χ0v) is 26.3. The molecular weight excluding hydrogens is 576 g/mol. The minimum absolute atomic E-state index is 0.220. The Labute approximate surface area is 264 Å². The van der Waals surface area contributed by atoms with Crippen molar-refractivity contribution in [1.82, 2.24) is 4.90 Å². The van der Waals surface area contributed by atoms with Crippen LogP contribution in [0.3, 0.4) is 0 Å². The number of hydrogen-bond acceptors (Lipinski definition) is 7. The van der Waals surface area contributed by atoms with Crippen LogP contribution in [0.25, 0.3) is 0 Å². The molecule has 0 aromatic heterocycles. The number of ether oxygens (including phenoxy) is 2. The van der Waals surface area contributed by atoms with Gasteiger partial charge in [-0.2, -0.15) is 0 Å². The Morgan fingerprint density at radius 2 is 1.84 bits per heavy atom. The standard InChI is InChI=1S/C35H42N2O6S/c1-5-7-8-12-22-43-33(41)29-28-31(39)37(27(23-38)24-13-10-9-11-14-24)30(35(28)20-19-34(29,3)44-35)32(40)36(21-6-2)25-15-17-26(42-4)18-16-25/h5-6,9-11,13-18,27-30,38H,1-2,7-8,12,19-23H2,3-4H3/t27-,28+,29+,30?,34-,35?/m1/s1. The van der Waals surface area contributed by atoms with E-state index in [9.17, 15) is 19.5 Å². The van der Waals surface area contributed by atoms with Crippen LogP contribution in [0.2, 0.25) is 0 Å². The van der Waals surface area contributed by atoms with Crippen molar-refractivity contribution in [2.45, 2.75) is 60.6 Å². The van der Waals surface area contributed by atoms with Gasteiger partial charge in [-0.05, 0) is 68.9 Å². The van der Waals surface area contributed by atoms with E-state index in [0.717, 1.165) is 18.4 Å². The van der Waals surface area contributed by atoms with E-state index in [1.54, 1.807) is 46.9 Å². The quantitative estimate of drug-likeness (QED) is 0.174. The van der Waals surface area contributed by atoms with Gasteiger partial charge >= 0.3 is 5.97 Å². The molecule has 2 amide bonds. The van der Waals surface area contributed by atoms with Gasteiger partial charge in [0.05, 0.1) is 42.9 Å². The van der Waals surface area contributed by atoms with Gasteiger partial charge in [0.2, 0.25) is 5.91 Å². The van der Waals surface area contributed by atoms with Crippen molar-refractivity contribution >= 4 is 35.2 Å². The number of thioether (sulfide) groups is 1. The first-order valence-corrected chi connectivity index (χ1v) is 16.1.